The monoisotopic (exact) mass is 551 g/mol. The zero-order valence-corrected chi connectivity index (χ0v) is 23.0. The van der Waals surface area contributed by atoms with Crippen LogP contribution in [0.15, 0.2) is 41.3 Å². The van der Waals surface area contributed by atoms with Gasteiger partial charge in [-0.05, 0) is 32.9 Å². The zero-order chi connectivity index (χ0) is 29.0. The summed E-state index contributed by atoms with van der Waals surface area (Å²) < 4.78 is 11.6. The highest BCUT2D eigenvalue weighted by atomic mass is 16.5. The number of urea groups is 1. The summed E-state index contributed by atoms with van der Waals surface area (Å²) in [5, 5.41) is 19.3. The van der Waals surface area contributed by atoms with Gasteiger partial charge in [0.05, 0.1) is 36.6 Å². The van der Waals surface area contributed by atoms with Crippen LogP contribution in [0.2, 0.25) is 0 Å². The van der Waals surface area contributed by atoms with Crippen LogP contribution in [0.25, 0.3) is 0 Å². The van der Waals surface area contributed by atoms with Crippen molar-refractivity contribution in [3.8, 4) is 5.75 Å². The third-order valence-electron chi connectivity index (χ3n) is 6.80. The van der Waals surface area contributed by atoms with Crippen molar-refractivity contribution in [3.63, 3.8) is 0 Å². The van der Waals surface area contributed by atoms with Crippen LogP contribution in [0.5, 0.6) is 5.75 Å². The van der Waals surface area contributed by atoms with E-state index in [4.69, 9.17) is 9.26 Å². The Morgan fingerprint density at radius 2 is 2.02 bits per heavy atom. The number of para-hydroxylation sites is 1. The predicted molar refractivity (Wildman–Crippen MR) is 145 cm³/mol. The molecule has 212 valence electrons. The number of rotatable bonds is 7. The van der Waals surface area contributed by atoms with Crippen molar-refractivity contribution in [1.29, 1.82) is 0 Å². The van der Waals surface area contributed by atoms with Crippen LogP contribution in [0.1, 0.15) is 46.1 Å². The van der Waals surface area contributed by atoms with Gasteiger partial charge < -0.3 is 34.8 Å². The number of aryl methyl sites for hydroxylation is 2. The number of carbonyl (C=O) groups is 3. The number of fused-ring (bicyclic) bond motifs is 1. The summed E-state index contributed by atoms with van der Waals surface area (Å²) >= 11 is 0. The summed E-state index contributed by atoms with van der Waals surface area (Å²) in [6, 6.07) is 4.00. The van der Waals surface area contributed by atoms with Crippen molar-refractivity contribution in [1.82, 2.24) is 24.9 Å². The number of likely N-dealkylation sites (N-methyl/N-ethyl adjacent to an activating group) is 1. The Kier molecular flexibility index (Phi) is 8.63. The quantitative estimate of drug-likeness (QED) is 0.401. The molecule has 3 N–H and O–H groups in total. The van der Waals surface area contributed by atoms with Gasteiger partial charge in [0.1, 0.15) is 23.2 Å². The second-order valence-corrected chi connectivity index (χ2v) is 9.86. The molecule has 13 nitrogen and oxygen atoms in total. The molecule has 1 aromatic carbocycles. The number of amides is 4. The van der Waals surface area contributed by atoms with Crippen LogP contribution in [0.4, 0.5) is 16.2 Å². The number of aromatic nitrogens is 3. The molecule has 1 aliphatic heterocycles. The summed E-state index contributed by atoms with van der Waals surface area (Å²) in [4.78, 5) is 50.6. The highest BCUT2D eigenvalue weighted by Gasteiger charge is 2.35. The molecule has 4 amide bonds. The summed E-state index contributed by atoms with van der Waals surface area (Å²) in [7, 11) is 1.63. The maximum Gasteiger partial charge on any atom is 0.321 e. The number of benzene rings is 1. The van der Waals surface area contributed by atoms with Gasteiger partial charge in [0.25, 0.3) is 11.8 Å². The Balaban J connectivity index is 1.66. The summed E-state index contributed by atoms with van der Waals surface area (Å²) in [5.41, 5.74) is 1.63. The van der Waals surface area contributed by atoms with Gasteiger partial charge in [0, 0.05) is 31.9 Å². The number of carbonyl (C=O) groups excluding carboxylic acids is 3. The first-order valence-corrected chi connectivity index (χ1v) is 12.8. The molecule has 40 heavy (non-hydrogen) atoms. The first-order chi connectivity index (χ1) is 19.1. The molecule has 0 saturated heterocycles. The Labute approximate surface area is 231 Å². The van der Waals surface area contributed by atoms with Gasteiger partial charge in [0.2, 0.25) is 0 Å². The lowest BCUT2D eigenvalue weighted by Gasteiger charge is -2.38. The highest BCUT2D eigenvalue weighted by molar-refractivity contribution is 6.06. The largest absolute Gasteiger partial charge is 0.485 e. The van der Waals surface area contributed by atoms with Gasteiger partial charge in [-0.15, -0.1) is 0 Å². The third-order valence-corrected chi connectivity index (χ3v) is 6.80. The molecule has 2 aromatic heterocycles. The number of anilines is 2. The van der Waals surface area contributed by atoms with Crippen molar-refractivity contribution < 1.29 is 28.8 Å². The first-order valence-electron chi connectivity index (χ1n) is 12.8. The van der Waals surface area contributed by atoms with Gasteiger partial charge in [0.15, 0.2) is 11.5 Å². The molecular formula is C27H33N7O6. The van der Waals surface area contributed by atoms with E-state index in [9.17, 15) is 19.5 Å². The minimum Gasteiger partial charge on any atom is -0.485 e. The fourth-order valence-electron chi connectivity index (χ4n) is 4.38. The third kappa shape index (κ3) is 6.04. The molecule has 3 heterocycles. The first kappa shape index (κ1) is 28.5. The van der Waals surface area contributed by atoms with Crippen LogP contribution >= 0.6 is 0 Å². The van der Waals surface area contributed by atoms with Gasteiger partial charge in [-0.25, -0.2) is 9.78 Å². The van der Waals surface area contributed by atoms with Gasteiger partial charge in [-0.2, -0.15) is 0 Å². The molecule has 0 aliphatic carbocycles. The van der Waals surface area contributed by atoms with Crippen LogP contribution in [0.3, 0.4) is 0 Å². The van der Waals surface area contributed by atoms with Gasteiger partial charge in [-0.1, -0.05) is 18.1 Å². The number of hydrogen-bond donors (Lipinski definition) is 3. The molecule has 0 fully saturated rings. The number of ether oxygens (including phenoxy) is 1. The molecule has 0 spiro atoms. The van der Waals surface area contributed by atoms with Crippen molar-refractivity contribution in [2.24, 2.45) is 5.92 Å². The predicted octanol–water partition coefficient (Wildman–Crippen LogP) is 2.72. The van der Waals surface area contributed by atoms with Gasteiger partial charge in [-0.3, -0.25) is 14.6 Å². The number of aliphatic hydroxyl groups excluding tert-OH is 1. The van der Waals surface area contributed by atoms with E-state index in [-0.39, 0.29) is 54.2 Å². The highest BCUT2D eigenvalue weighted by Crippen LogP contribution is 2.35. The van der Waals surface area contributed by atoms with Crippen molar-refractivity contribution >= 4 is 29.2 Å². The molecule has 3 atom stereocenters. The zero-order valence-electron chi connectivity index (χ0n) is 23.0. The Hall–Kier alpha value is -4.52. The van der Waals surface area contributed by atoms with E-state index in [1.807, 2.05) is 6.92 Å². The smallest absolute Gasteiger partial charge is 0.321 e. The van der Waals surface area contributed by atoms with Crippen LogP contribution in [-0.4, -0.2) is 86.8 Å². The second-order valence-electron chi connectivity index (χ2n) is 9.86. The lowest BCUT2D eigenvalue weighted by atomic mass is 9.99. The van der Waals surface area contributed by atoms with Crippen molar-refractivity contribution in [3.05, 3.63) is 59.5 Å². The van der Waals surface area contributed by atoms with Crippen molar-refractivity contribution in [2.45, 2.75) is 39.8 Å². The molecule has 3 aromatic rings. The number of nitrogens with zero attached hydrogens (tertiary/aromatic N) is 5. The number of hydrogen-bond acceptors (Lipinski definition) is 9. The minimum absolute atomic E-state index is 0.0912. The summed E-state index contributed by atoms with van der Waals surface area (Å²) in [6.45, 7) is 7.29. The van der Waals surface area contributed by atoms with E-state index in [0.717, 1.165) is 0 Å². The van der Waals surface area contributed by atoms with Gasteiger partial charge >= 0.3 is 6.03 Å². The molecule has 0 bridgehead atoms. The Bertz CT molecular complexity index is 1360. The van der Waals surface area contributed by atoms with Crippen LogP contribution < -0.4 is 15.4 Å². The fourth-order valence-corrected chi connectivity index (χ4v) is 4.38. The van der Waals surface area contributed by atoms with E-state index in [2.05, 4.69) is 25.8 Å². The number of nitrogens with one attached hydrogen (secondary N) is 2. The average Bonchev–Trinajstić information content (AvgIpc) is 3.27. The van der Waals surface area contributed by atoms with E-state index < -0.39 is 24.1 Å². The molecule has 0 unspecified atom stereocenters. The van der Waals surface area contributed by atoms with E-state index >= 15 is 0 Å². The lowest BCUT2D eigenvalue weighted by molar-refractivity contribution is 0.0372. The van der Waals surface area contributed by atoms with E-state index in [1.54, 1.807) is 50.9 Å². The van der Waals surface area contributed by atoms with Crippen LogP contribution in [-0.2, 0) is 0 Å². The average molecular weight is 552 g/mol. The SMILES string of the molecule is Cc1noc(C)c1NC(=O)N(C)C[C@@H]1Oc2c(NC(=O)c3cnccn3)cccc2C(=O)N([C@@H](C)CO)C[C@H]1C. The molecule has 1 aliphatic rings. The minimum atomic E-state index is -0.588. The lowest BCUT2D eigenvalue weighted by Crippen LogP contribution is -2.50. The fraction of sp³-hybridized carbons (Fsp3) is 0.407. The topological polar surface area (TPSA) is 163 Å². The van der Waals surface area contributed by atoms with Crippen LogP contribution in [0, 0.1) is 19.8 Å². The summed E-state index contributed by atoms with van der Waals surface area (Å²) in [5.74, 6) is -0.484. The molecule has 13 heteroatoms. The van der Waals surface area contributed by atoms with Crippen molar-refractivity contribution in [2.75, 3.05) is 37.4 Å². The Morgan fingerprint density at radius 1 is 1.25 bits per heavy atom. The maximum atomic E-state index is 13.6. The van der Waals surface area contributed by atoms with E-state index in [1.165, 1.54) is 23.5 Å². The molecular weight excluding hydrogens is 518 g/mol. The molecule has 0 radical (unpaired) electrons. The van der Waals surface area contributed by atoms with E-state index in [0.29, 0.717) is 17.1 Å². The molecule has 4 rings (SSSR count). The molecule has 0 saturated carbocycles. The standard InChI is InChI=1S/C27H33N7O6/c1-15-12-34(16(2)14-35)26(37)19-7-6-8-20(30-25(36)21-11-28-9-10-29-21)24(19)39-22(15)13-33(5)27(38)31-23-17(3)32-40-18(23)4/h6-11,15-16,22,35H,12-14H2,1-5H3,(H,30,36)(H,31,38)/t15-,16+,22+/m1/s1. The normalized spacial score (nSPS) is 17.6. The maximum absolute atomic E-state index is 13.6. The summed E-state index contributed by atoms with van der Waals surface area (Å²) in [6.07, 6.45) is 3.60. The second kappa shape index (κ2) is 12.1. The Morgan fingerprint density at radius 3 is 2.67 bits per heavy atom. The number of aliphatic hydroxyl groups is 1.